The van der Waals surface area contributed by atoms with Crippen LogP contribution in [0.4, 0.5) is 0 Å². The normalized spacial score (nSPS) is 14.0. The van der Waals surface area contributed by atoms with Crippen LogP contribution in [0.2, 0.25) is 0 Å². The molecule has 1 aromatic heterocycles. The molecule has 0 saturated heterocycles. The van der Waals surface area contributed by atoms with Gasteiger partial charge in [-0.2, -0.15) is 0 Å². The van der Waals surface area contributed by atoms with E-state index in [0.717, 1.165) is 47.3 Å². The van der Waals surface area contributed by atoms with Crippen LogP contribution in [0.3, 0.4) is 0 Å². The van der Waals surface area contributed by atoms with Crippen LogP contribution in [0.25, 0.3) is 10.9 Å². The van der Waals surface area contributed by atoms with Gasteiger partial charge in [0.1, 0.15) is 5.75 Å². The van der Waals surface area contributed by atoms with E-state index in [2.05, 4.69) is 34.9 Å². The molecular weight excluding hydrogens is 286 g/mol. The Morgan fingerprint density at radius 1 is 1.04 bits per heavy atom. The molecule has 3 heteroatoms. The SMILES string of the molecule is COc1cccc2c1c1c(n2Cc2ccccc2)CCCC1=O. The highest BCUT2D eigenvalue weighted by molar-refractivity contribution is 6.12. The first kappa shape index (κ1) is 14.1. The van der Waals surface area contributed by atoms with Crippen molar-refractivity contribution in [2.75, 3.05) is 7.11 Å². The number of methoxy groups -OCH3 is 1. The molecule has 0 saturated carbocycles. The number of carbonyl (C=O) groups excluding carboxylic acids is 1. The predicted octanol–water partition coefficient (Wildman–Crippen LogP) is 4.22. The van der Waals surface area contributed by atoms with Crippen LogP contribution >= 0.6 is 0 Å². The summed E-state index contributed by atoms with van der Waals surface area (Å²) in [7, 11) is 1.67. The number of benzene rings is 2. The van der Waals surface area contributed by atoms with Crippen molar-refractivity contribution in [1.82, 2.24) is 4.57 Å². The quantitative estimate of drug-likeness (QED) is 0.725. The highest BCUT2D eigenvalue weighted by atomic mass is 16.5. The second-order valence-corrected chi connectivity index (χ2v) is 6.02. The van der Waals surface area contributed by atoms with Gasteiger partial charge < -0.3 is 9.30 Å². The molecule has 1 aliphatic rings. The van der Waals surface area contributed by atoms with E-state index >= 15 is 0 Å². The van der Waals surface area contributed by atoms with Crippen molar-refractivity contribution in [3.05, 3.63) is 65.4 Å². The molecule has 0 radical (unpaired) electrons. The summed E-state index contributed by atoms with van der Waals surface area (Å²) in [5, 5.41) is 0.977. The van der Waals surface area contributed by atoms with Gasteiger partial charge in [-0.1, -0.05) is 36.4 Å². The molecule has 1 heterocycles. The molecule has 116 valence electrons. The first-order valence-corrected chi connectivity index (χ1v) is 8.05. The molecule has 0 spiro atoms. The molecule has 0 fully saturated rings. The minimum atomic E-state index is 0.243. The fraction of sp³-hybridized carbons (Fsp3) is 0.250. The molecule has 3 nitrogen and oxygen atoms in total. The minimum Gasteiger partial charge on any atom is -0.496 e. The van der Waals surface area contributed by atoms with Crippen LogP contribution in [0.15, 0.2) is 48.5 Å². The summed E-state index contributed by atoms with van der Waals surface area (Å²) < 4.78 is 7.83. The molecular formula is C20H19NO2. The molecule has 4 rings (SSSR count). The first-order valence-electron chi connectivity index (χ1n) is 8.05. The fourth-order valence-electron chi connectivity index (χ4n) is 3.64. The summed E-state index contributed by atoms with van der Waals surface area (Å²) in [5.41, 5.74) is 4.37. The second kappa shape index (κ2) is 5.58. The van der Waals surface area contributed by atoms with Gasteiger partial charge in [0.2, 0.25) is 0 Å². The van der Waals surface area contributed by atoms with Crippen molar-refractivity contribution in [1.29, 1.82) is 0 Å². The Labute approximate surface area is 135 Å². The Bertz CT molecular complexity index is 878. The Kier molecular flexibility index (Phi) is 3.41. The van der Waals surface area contributed by atoms with Gasteiger partial charge >= 0.3 is 0 Å². The van der Waals surface area contributed by atoms with Crippen molar-refractivity contribution < 1.29 is 9.53 Å². The van der Waals surface area contributed by atoms with Crippen LogP contribution in [0.5, 0.6) is 5.75 Å². The summed E-state index contributed by atoms with van der Waals surface area (Å²) >= 11 is 0. The summed E-state index contributed by atoms with van der Waals surface area (Å²) in [6.45, 7) is 0.785. The molecule has 0 N–H and O–H groups in total. The number of rotatable bonds is 3. The third kappa shape index (κ3) is 2.24. The molecule has 0 aliphatic heterocycles. The lowest BCUT2D eigenvalue weighted by molar-refractivity contribution is 0.0973. The zero-order valence-electron chi connectivity index (χ0n) is 13.2. The number of carbonyl (C=O) groups is 1. The van der Waals surface area contributed by atoms with Crippen molar-refractivity contribution in [2.24, 2.45) is 0 Å². The monoisotopic (exact) mass is 305 g/mol. The summed E-state index contributed by atoms with van der Waals surface area (Å²) in [6.07, 6.45) is 2.51. The van der Waals surface area contributed by atoms with Gasteiger partial charge in [0, 0.05) is 18.7 Å². The van der Waals surface area contributed by atoms with Crippen molar-refractivity contribution >= 4 is 16.7 Å². The van der Waals surface area contributed by atoms with E-state index in [1.807, 2.05) is 18.2 Å². The lowest BCUT2D eigenvalue weighted by Gasteiger charge is -2.15. The van der Waals surface area contributed by atoms with Gasteiger partial charge in [0.05, 0.1) is 23.6 Å². The Balaban J connectivity index is 1.98. The lowest BCUT2D eigenvalue weighted by atomic mass is 9.94. The van der Waals surface area contributed by atoms with Gasteiger partial charge in [-0.15, -0.1) is 0 Å². The van der Waals surface area contributed by atoms with E-state index in [-0.39, 0.29) is 5.78 Å². The third-order valence-electron chi connectivity index (χ3n) is 4.66. The van der Waals surface area contributed by atoms with Gasteiger partial charge in [-0.25, -0.2) is 0 Å². The van der Waals surface area contributed by atoms with Gasteiger partial charge in [-0.3, -0.25) is 4.79 Å². The minimum absolute atomic E-state index is 0.243. The van der Waals surface area contributed by atoms with Crippen LogP contribution in [-0.4, -0.2) is 17.5 Å². The van der Waals surface area contributed by atoms with Gasteiger partial charge in [0.25, 0.3) is 0 Å². The van der Waals surface area contributed by atoms with E-state index in [1.165, 1.54) is 5.56 Å². The molecule has 0 amide bonds. The zero-order valence-corrected chi connectivity index (χ0v) is 13.2. The molecule has 3 aromatic rings. The number of hydrogen-bond donors (Lipinski definition) is 0. The van der Waals surface area contributed by atoms with Crippen LogP contribution in [0, 0.1) is 0 Å². The molecule has 0 atom stereocenters. The maximum absolute atomic E-state index is 12.6. The zero-order chi connectivity index (χ0) is 15.8. The molecule has 1 aliphatic carbocycles. The number of aromatic nitrogens is 1. The second-order valence-electron chi connectivity index (χ2n) is 6.02. The average Bonchev–Trinajstić information content (AvgIpc) is 2.91. The maximum Gasteiger partial charge on any atom is 0.165 e. The Hall–Kier alpha value is -2.55. The van der Waals surface area contributed by atoms with Gasteiger partial charge in [0.15, 0.2) is 5.78 Å². The third-order valence-corrected chi connectivity index (χ3v) is 4.66. The average molecular weight is 305 g/mol. The summed E-state index contributed by atoms with van der Waals surface area (Å²) in [4.78, 5) is 12.6. The van der Waals surface area contributed by atoms with E-state index in [0.29, 0.717) is 6.42 Å². The number of fused-ring (bicyclic) bond motifs is 3. The number of Topliss-reactive ketones (excluding diaryl/α,β-unsaturated/α-hetero) is 1. The summed E-state index contributed by atoms with van der Waals surface area (Å²) in [6, 6.07) is 16.4. The predicted molar refractivity (Wildman–Crippen MR) is 91.3 cm³/mol. The Morgan fingerprint density at radius 2 is 1.87 bits per heavy atom. The van der Waals surface area contributed by atoms with E-state index in [1.54, 1.807) is 7.11 Å². The van der Waals surface area contributed by atoms with Crippen LogP contribution in [0.1, 0.15) is 34.5 Å². The molecule has 2 aromatic carbocycles. The van der Waals surface area contributed by atoms with Crippen LogP contribution < -0.4 is 4.74 Å². The smallest absolute Gasteiger partial charge is 0.165 e. The number of hydrogen-bond acceptors (Lipinski definition) is 2. The largest absolute Gasteiger partial charge is 0.496 e. The highest BCUT2D eigenvalue weighted by Crippen LogP contribution is 2.37. The Morgan fingerprint density at radius 3 is 2.65 bits per heavy atom. The van der Waals surface area contributed by atoms with Crippen molar-refractivity contribution in [3.63, 3.8) is 0 Å². The van der Waals surface area contributed by atoms with E-state index in [4.69, 9.17) is 4.74 Å². The lowest BCUT2D eigenvalue weighted by Crippen LogP contribution is -2.13. The fourth-order valence-corrected chi connectivity index (χ4v) is 3.64. The molecule has 0 unspecified atom stereocenters. The highest BCUT2D eigenvalue weighted by Gasteiger charge is 2.27. The first-order chi connectivity index (χ1) is 11.3. The topological polar surface area (TPSA) is 31.2 Å². The molecule has 0 bridgehead atoms. The van der Waals surface area contributed by atoms with Crippen molar-refractivity contribution in [2.45, 2.75) is 25.8 Å². The number of ether oxygens (including phenoxy) is 1. The standard InChI is InChI=1S/C20H19NO2/c1-23-18-12-6-10-16-20(18)19-15(9-5-11-17(19)22)21(16)13-14-7-3-2-4-8-14/h2-4,6-8,10,12H,5,9,11,13H2,1H3. The molecule has 23 heavy (non-hydrogen) atoms. The van der Waals surface area contributed by atoms with Crippen molar-refractivity contribution in [3.8, 4) is 5.75 Å². The van der Waals surface area contributed by atoms with E-state index in [9.17, 15) is 4.79 Å². The van der Waals surface area contributed by atoms with Crippen LogP contribution in [-0.2, 0) is 13.0 Å². The number of ketones is 1. The summed E-state index contributed by atoms with van der Waals surface area (Å²) in [5.74, 6) is 1.04. The maximum atomic E-state index is 12.6. The number of nitrogens with zero attached hydrogens (tertiary/aromatic N) is 1. The van der Waals surface area contributed by atoms with E-state index < -0.39 is 0 Å². The van der Waals surface area contributed by atoms with Gasteiger partial charge in [-0.05, 0) is 30.5 Å².